The number of para-hydroxylation sites is 4. The predicted molar refractivity (Wildman–Crippen MR) is 227 cm³/mol. The number of oxazole rings is 1. The average molecular weight is 720 g/mol. The molecule has 10 aromatic rings. The third-order valence-corrected chi connectivity index (χ3v) is 10.7. The maximum atomic E-state index is 6.40. The maximum absolute atomic E-state index is 6.40. The van der Waals surface area contributed by atoms with Crippen molar-refractivity contribution in [1.82, 2.24) is 9.97 Å². The van der Waals surface area contributed by atoms with E-state index in [1.54, 1.807) is 0 Å². The van der Waals surface area contributed by atoms with Crippen LogP contribution >= 0.6 is 0 Å². The van der Waals surface area contributed by atoms with Gasteiger partial charge in [-0.3, -0.25) is 0 Å². The van der Waals surface area contributed by atoms with Crippen LogP contribution in [0.4, 0.5) is 5.69 Å². The highest BCUT2D eigenvalue weighted by molar-refractivity contribution is 6.04. The van der Waals surface area contributed by atoms with Crippen LogP contribution in [0.2, 0.25) is 0 Å². The van der Waals surface area contributed by atoms with Crippen molar-refractivity contribution in [3.8, 4) is 62.0 Å². The second-order valence-electron chi connectivity index (χ2n) is 14.2. The van der Waals surface area contributed by atoms with Crippen molar-refractivity contribution in [3.05, 3.63) is 194 Å². The number of nitrogens with zero attached hydrogens (tertiary/aromatic N) is 2. The Morgan fingerprint density at radius 1 is 0.446 bits per heavy atom. The molecule has 1 aliphatic rings. The van der Waals surface area contributed by atoms with Gasteiger partial charge in [0.25, 0.3) is 0 Å². The highest BCUT2D eigenvalue weighted by atomic mass is 16.5. The quantitative estimate of drug-likeness (QED) is 0.185. The van der Waals surface area contributed by atoms with E-state index in [0.29, 0.717) is 5.89 Å². The Bertz CT molecular complexity index is 3060. The molecule has 11 rings (SSSR count). The molecule has 0 spiro atoms. The van der Waals surface area contributed by atoms with E-state index in [2.05, 4.69) is 151 Å². The Hall–Kier alpha value is -7.50. The standard InChI is InChI=1S/C51H33N3O2/c1-3-21-38-32(13-1)15-11-23-40(38)48-42(34-17-9-19-36(29-34)50-52-44-25-5-7-27-46(44)55-50)31-43(49(54-48)41-24-12-16-33-14-2-4-22-39(33)41)35-18-10-20-37(30-35)51-53-45-26-6-8-28-47(45)56-51/h1-31,50,52H. The van der Waals surface area contributed by atoms with E-state index in [1.807, 2.05) is 42.5 Å². The largest absolute Gasteiger partial charge is 0.464 e. The predicted octanol–water partition coefficient (Wildman–Crippen LogP) is 13.4. The summed E-state index contributed by atoms with van der Waals surface area (Å²) in [6.07, 6.45) is -0.316. The van der Waals surface area contributed by atoms with Gasteiger partial charge in [-0.25, -0.2) is 9.97 Å². The lowest BCUT2D eigenvalue weighted by atomic mass is 9.88. The maximum Gasteiger partial charge on any atom is 0.227 e. The number of hydrogen-bond acceptors (Lipinski definition) is 5. The molecule has 0 amide bonds. The molecule has 1 unspecified atom stereocenters. The summed E-state index contributed by atoms with van der Waals surface area (Å²) in [6.45, 7) is 0. The molecule has 1 aliphatic heterocycles. The fraction of sp³-hybridized carbons (Fsp3) is 0.0196. The third kappa shape index (κ3) is 5.48. The second kappa shape index (κ2) is 13.1. The highest BCUT2D eigenvalue weighted by Crippen LogP contribution is 2.45. The van der Waals surface area contributed by atoms with E-state index in [-0.39, 0.29) is 6.23 Å². The SMILES string of the molecule is c1cc(-c2nc3ccccc3o2)cc(-c2cc(-c3cccc(C4Nc5ccccc5O4)c3)c(-c3cccc4ccccc34)nc2-c2cccc3ccccc23)c1. The number of ether oxygens (including phenoxy) is 1. The lowest BCUT2D eigenvalue weighted by Gasteiger charge is -2.20. The topological polar surface area (TPSA) is 60.2 Å². The van der Waals surface area contributed by atoms with Crippen LogP contribution < -0.4 is 10.1 Å². The van der Waals surface area contributed by atoms with E-state index in [4.69, 9.17) is 19.1 Å². The zero-order valence-electron chi connectivity index (χ0n) is 30.2. The summed E-state index contributed by atoms with van der Waals surface area (Å²) in [5.41, 5.74) is 12.5. The number of anilines is 1. The Morgan fingerprint density at radius 2 is 1.04 bits per heavy atom. The first-order chi connectivity index (χ1) is 27.7. The summed E-state index contributed by atoms with van der Waals surface area (Å²) in [7, 11) is 0. The minimum atomic E-state index is -0.316. The number of aromatic nitrogens is 2. The number of fused-ring (bicyclic) bond motifs is 4. The molecule has 56 heavy (non-hydrogen) atoms. The van der Waals surface area contributed by atoms with Gasteiger partial charge >= 0.3 is 0 Å². The van der Waals surface area contributed by atoms with Crippen LogP contribution in [-0.2, 0) is 0 Å². The normalized spacial score (nSPS) is 13.5. The minimum Gasteiger partial charge on any atom is -0.464 e. The number of pyridine rings is 1. The van der Waals surface area contributed by atoms with Crippen molar-refractivity contribution in [2.24, 2.45) is 0 Å². The summed E-state index contributed by atoms with van der Waals surface area (Å²) in [5.74, 6) is 1.43. The van der Waals surface area contributed by atoms with Gasteiger partial charge in [0.1, 0.15) is 11.3 Å². The van der Waals surface area contributed by atoms with Crippen molar-refractivity contribution < 1.29 is 9.15 Å². The molecule has 8 aromatic carbocycles. The smallest absolute Gasteiger partial charge is 0.227 e. The molecule has 0 radical (unpaired) electrons. The van der Waals surface area contributed by atoms with Gasteiger partial charge in [-0.2, -0.15) is 0 Å². The van der Waals surface area contributed by atoms with Gasteiger partial charge in [0, 0.05) is 33.4 Å². The molecule has 0 saturated heterocycles. The van der Waals surface area contributed by atoms with Gasteiger partial charge in [0.05, 0.1) is 17.1 Å². The first kappa shape index (κ1) is 32.0. The molecule has 0 saturated carbocycles. The molecular weight excluding hydrogens is 687 g/mol. The van der Waals surface area contributed by atoms with Crippen LogP contribution in [0.3, 0.4) is 0 Å². The lowest BCUT2D eigenvalue weighted by Crippen LogP contribution is -2.10. The highest BCUT2D eigenvalue weighted by Gasteiger charge is 2.25. The van der Waals surface area contributed by atoms with Crippen LogP contribution in [-0.4, -0.2) is 9.97 Å². The van der Waals surface area contributed by atoms with Gasteiger partial charge in [-0.1, -0.05) is 140 Å². The van der Waals surface area contributed by atoms with Crippen molar-refractivity contribution in [3.63, 3.8) is 0 Å². The van der Waals surface area contributed by atoms with E-state index in [0.717, 1.165) is 100.0 Å². The summed E-state index contributed by atoms with van der Waals surface area (Å²) in [6, 6.07) is 65.4. The molecule has 0 fully saturated rings. The van der Waals surface area contributed by atoms with Crippen molar-refractivity contribution in [2.75, 3.05) is 5.32 Å². The Kier molecular flexibility index (Phi) is 7.49. The van der Waals surface area contributed by atoms with Crippen LogP contribution in [0.1, 0.15) is 11.8 Å². The summed E-state index contributed by atoms with van der Waals surface area (Å²) in [4.78, 5) is 10.6. The van der Waals surface area contributed by atoms with Crippen molar-refractivity contribution in [2.45, 2.75) is 6.23 Å². The van der Waals surface area contributed by atoms with E-state index >= 15 is 0 Å². The first-order valence-corrected chi connectivity index (χ1v) is 18.8. The van der Waals surface area contributed by atoms with E-state index < -0.39 is 0 Å². The number of benzene rings is 8. The van der Waals surface area contributed by atoms with Crippen LogP contribution in [0, 0.1) is 0 Å². The summed E-state index contributed by atoms with van der Waals surface area (Å²) >= 11 is 0. The van der Waals surface area contributed by atoms with Gasteiger partial charge in [0.2, 0.25) is 5.89 Å². The van der Waals surface area contributed by atoms with Crippen molar-refractivity contribution in [1.29, 1.82) is 0 Å². The lowest BCUT2D eigenvalue weighted by molar-refractivity contribution is 0.260. The van der Waals surface area contributed by atoms with E-state index in [9.17, 15) is 0 Å². The molecule has 2 aromatic heterocycles. The number of hydrogen-bond donors (Lipinski definition) is 1. The average Bonchev–Trinajstić information content (AvgIpc) is 3.91. The number of nitrogens with one attached hydrogen (secondary N) is 1. The zero-order valence-corrected chi connectivity index (χ0v) is 30.2. The van der Waals surface area contributed by atoms with Crippen molar-refractivity contribution >= 4 is 38.3 Å². The van der Waals surface area contributed by atoms with Gasteiger partial charge in [-0.15, -0.1) is 0 Å². The first-order valence-electron chi connectivity index (χ1n) is 18.8. The molecule has 3 heterocycles. The monoisotopic (exact) mass is 719 g/mol. The fourth-order valence-electron chi connectivity index (χ4n) is 8.05. The Balaban J connectivity index is 1.18. The Morgan fingerprint density at radius 3 is 1.77 bits per heavy atom. The molecule has 0 aliphatic carbocycles. The van der Waals surface area contributed by atoms with E-state index in [1.165, 1.54) is 0 Å². The fourth-order valence-corrected chi connectivity index (χ4v) is 8.05. The van der Waals surface area contributed by atoms with Crippen LogP contribution in [0.5, 0.6) is 5.75 Å². The summed E-state index contributed by atoms with van der Waals surface area (Å²) < 4.78 is 12.7. The van der Waals surface area contributed by atoms with Gasteiger partial charge in [0.15, 0.2) is 11.8 Å². The molecular formula is C51H33N3O2. The van der Waals surface area contributed by atoms with Crippen LogP contribution in [0.15, 0.2) is 192 Å². The molecule has 5 nitrogen and oxygen atoms in total. The van der Waals surface area contributed by atoms with Gasteiger partial charge in [-0.05, 0) is 81.2 Å². The minimum absolute atomic E-state index is 0.316. The Labute approximate surface area is 323 Å². The molecule has 1 atom stereocenters. The second-order valence-corrected chi connectivity index (χ2v) is 14.2. The van der Waals surface area contributed by atoms with Gasteiger partial charge < -0.3 is 14.5 Å². The number of rotatable bonds is 6. The molecule has 1 N–H and O–H groups in total. The molecule has 5 heteroatoms. The molecule has 264 valence electrons. The summed E-state index contributed by atoms with van der Waals surface area (Å²) in [5, 5.41) is 8.17. The van der Waals surface area contributed by atoms with Crippen LogP contribution in [0.25, 0.3) is 88.9 Å². The zero-order chi connectivity index (χ0) is 37.0. The third-order valence-electron chi connectivity index (χ3n) is 10.7. The molecule has 0 bridgehead atoms.